The Balaban J connectivity index is 2.12. The van der Waals surface area contributed by atoms with Crippen LogP contribution in [0, 0.1) is 0 Å². The molecule has 3 nitrogen and oxygen atoms in total. The molecule has 1 rings (SSSR count). The van der Waals surface area contributed by atoms with Gasteiger partial charge in [0, 0.05) is 18.3 Å². The third-order valence-electron chi connectivity index (χ3n) is 2.03. The maximum Gasteiger partial charge on any atom is 0.441 e. The Morgan fingerprint density at radius 3 is 2.53 bits per heavy atom. The lowest BCUT2D eigenvalue weighted by Gasteiger charge is -2.10. The first-order valence-corrected chi connectivity index (χ1v) is 7.24. The van der Waals surface area contributed by atoms with Crippen molar-refractivity contribution < 1.29 is 21.6 Å². The van der Waals surface area contributed by atoms with Crippen molar-refractivity contribution in [3.05, 3.63) is 0 Å². The van der Waals surface area contributed by atoms with Gasteiger partial charge in [-0.05, 0) is 18.2 Å². The van der Waals surface area contributed by atoms with Crippen LogP contribution in [0.1, 0.15) is 6.42 Å². The van der Waals surface area contributed by atoms with Gasteiger partial charge in [0.05, 0.1) is 11.5 Å². The standard InChI is InChI=1S/C7H12F3NO2S2/c8-7(9,10)14-3-2-11-6-1-4-15(12,13)5-6/h6,11H,1-5H2. The Hall–Kier alpha value is 0.0500. The van der Waals surface area contributed by atoms with Gasteiger partial charge in [-0.2, -0.15) is 13.2 Å². The summed E-state index contributed by atoms with van der Waals surface area (Å²) < 4.78 is 57.2. The predicted octanol–water partition coefficient (Wildman–Crippen LogP) is 1.02. The molecule has 0 aliphatic carbocycles. The molecule has 1 atom stereocenters. The van der Waals surface area contributed by atoms with Crippen molar-refractivity contribution in [3.63, 3.8) is 0 Å². The molecule has 0 aromatic rings. The van der Waals surface area contributed by atoms with Gasteiger partial charge >= 0.3 is 5.51 Å². The van der Waals surface area contributed by atoms with Crippen LogP contribution in [0.5, 0.6) is 0 Å². The second kappa shape index (κ2) is 4.92. The molecular weight excluding hydrogens is 251 g/mol. The normalized spacial score (nSPS) is 25.7. The quantitative estimate of drug-likeness (QED) is 0.769. The second-order valence-electron chi connectivity index (χ2n) is 3.35. The summed E-state index contributed by atoms with van der Waals surface area (Å²) in [4.78, 5) is 0. The summed E-state index contributed by atoms with van der Waals surface area (Å²) in [5, 5.41) is 2.81. The van der Waals surface area contributed by atoms with Crippen molar-refractivity contribution in [1.29, 1.82) is 0 Å². The highest BCUT2D eigenvalue weighted by Gasteiger charge is 2.29. The SMILES string of the molecule is O=S1(=O)CCC(NCCSC(F)(F)F)C1. The molecule has 1 unspecified atom stereocenters. The molecular formula is C7H12F3NO2S2. The molecule has 0 aromatic carbocycles. The fourth-order valence-corrected chi connectivity index (χ4v) is 3.55. The third-order valence-corrected chi connectivity index (χ3v) is 4.54. The van der Waals surface area contributed by atoms with Crippen LogP contribution < -0.4 is 5.32 Å². The zero-order valence-electron chi connectivity index (χ0n) is 7.88. The fourth-order valence-electron chi connectivity index (χ4n) is 1.39. The minimum atomic E-state index is -4.20. The number of hydrogen-bond acceptors (Lipinski definition) is 4. The molecule has 0 aromatic heterocycles. The summed E-state index contributed by atoms with van der Waals surface area (Å²) >= 11 is -0.0951. The first-order valence-electron chi connectivity index (χ1n) is 4.43. The summed E-state index contributed by atoms with van der Waals surface area (Å²) in [7, 11) is -2.95. The van der Waals surface area contributed by atoms with Gasteiger partial charge in [0.2, 0.25) is 0 Å². The van der Waals surface area contributed by atoms with Crippen LogP contribution in [-0.4, -0.2) is 43.8 Å². The molecule has 1 aliphatic heterocycles. The summed E-state index contributed by atoms with van der Waals surface area (Å²) in [6.07, 6.45) is 0.499. The molecule has 1 aliphatic rings. The highest BCUT2D eigenvalue weighted by Crippen LogP contribution is 2.29. The topological polar surface area (TPSA) is 46.2 Å². The Labute approximate surface area is 90.7 Å². The van der Waals surface area contributed by atoms with E-state index in [0.717, 1.165) is 0 Å². The molecule has 1 N–H and O–H groups in total. The number of alkyl halides is 3. The number of hydrogen-bond donors (Lipinski definition) is 1. The minimum absolute atomic E-state index is 0.0453. The average Bonchev–Trinajstić information content (AvgIpc) is 2.38. The van der Waals surface area contributed by atoms with E-state index in [1.165, 1.54) is 0 Å². The van der Waals surface area contributed by atoms with Gasteiger partial charge < -0.3 is 5.32 Å². The molecule has 1 fully saturated rings. The maximum atomic E-state index is 11.7. The van der Waals surface area contributed by atoms with Crippen molar-refractivity contribution in [2.75, 3.05) is 23.8 Å². The van der Waals surface area contributed by atoms with E-state index in [2.05, 4.69) is 5.32 Å². The van der Waals surface area contributed by atoms with E-state index in [9.17, 15) is 21.6 Å². The van der Waals surface area contributed by atoms with Crippen LogP contribution in [0.3, 0.4) is 0 Å². The Kier molecular flexibility index (Phi) is 4.30. The summed E-state index contributed by atoms with van der Waals surface area (Å²) in [5.74, 6) is 0.0980. The zero-order chi connectivity index (χ0) is 11.5. The van der Waals surface area contributed by atoms with Crippen molar-refractivity contribution in [1.82, 2.24) is 5.32 Å². The van der Waals surface area contributed by atoms with E-state index in [1.807, 2.05) is 0 Å². The summed E-state index contributed by atoms with van der Waals surface area (Å²) in [5.41, 5.74) is -4.20. The third kappa shape index (κ3) is 5.62. The van der Waals surface area contributed by atoms with Crippen LogP contribution in [0.4, 0.5) is 13.2 Å². The van der Waals surface area contributed by atoms with Gasteiger partial charge in [0.15, 0.2) is 9.84 Å². The van der Waals surface area contributed by atoms with E-state index in [0.29, 0.717) is 6.42 Å². The average molecular weight is 263 g/mol. The molecule has 90 valence electrons. The van der Waals surface area contributed by atoms with Gasteiger partial charge in [-0.15, -0.1) is 0 Å². The highest BCUT2D eigenvalue weighted by molar-refractivity contribution is 8.00. The molecule has 8 heteroatoms. The van der Waals surface area contributed by atoms with Crippen LogP contribution in [-0.2, 0) is 9.84 Å². The molecule has 1 heterocycles. The van der Waals surface area contributed by atoms with E-state index in [1.54, 1.807) is 0 Å². The van der Waals surface area contributed by atoms with E-state index in [-0.39, 0.29) is 41.6 Å². The van der Waals surface area contributed by atoms with Crippen LogP contribution in [0.2, 0.25) is 0 Å². The first kappa shape index (κ1) is 13.1. The van der Waals surface area contributed by atoms with Gasteiger partial charge in [0.1, 0.15) is 0 Å². The largest absolute Gasteiger partial charge is 0.441 e. The fraction of sp³-hybridized carbons (Fsp3) is 1.00. The van der Waals surface area contributed by atoms with E-state index >= 15 is 0 Å². The number of rotatable bonds is 4. The Morgan fingerprint density at radius 2 is 2.07 bits per heavy atom. The van der Waals surface area contributed by atoms with Gasteiger partial charge in [-0.1, -0.05) is 0 Å². The highest BCUT2D eigenvalue weighted by atomic mass is 32.2. The van der Waals surface area contributed by atoms with Gasteiger partial charge in [0.25, 0.3) is 0 Å². The van der Waals surface area contributed by atoms with Crippen molar-refractivity contribution in [3.8, 4) is 0 Å². The number of sulfone groups is 1. The number of halogens is 3. The molecule has 1 saturated heterocycles. The zero-order valence-corrected chi connectivity index (χ0v) is 9.51. The minimum Gasteiger partial charge on any atom is -0.312 e. The molecule has 0 spiro atoms. The van der Waals surface area contributed by atoms with Gasteiger partial charge in [-0.3, -0.25) is 0 Å². The maximum absolute atomic E-state index is 11.7. The lowest BCUT2D eigenvalue weighted by molar-refractivity contribution is -0.0327. The first-order chi connectivity index (χ1) is 6.79. The lowest BCUT2D eigenvalue weighted by Crippen LogP contribution is -2.32. The summed E-state index contributed by atoms with van der Waals surface area (Å²) in [6, 6.07) is -0.177. The molecule has 15 heavy (non-hydrogen) atoms. The molecule has 0 bridgehead atoms. The molecule has 0 radical (unpaired) electrons. The second-order valence-corrected chi connectivity index (χ2v) is 6.74. The van der Waals surface area contributed by atoms with Crippen LogP contribution >= 0.6 is 11.8 Å². The lowest BCUT2D eigenvalue weighted by atomic mass is 10.3. The molecule has 0 saturated carbocycles. The number of nitrogens with one attached hydrogen (secondary N) is 1. The predicted molar refractivity (Wildman–Crippen MR) is 53.6 cm³/mol. The van der Waals surface area contributed by atoms with Crippen LogP contribution in [0.15, 0.2) is 0 Å². The van der Waals surface area contributed by atoms with Crippen molar-refractivity contribution >= 4 is 21.6 Å². The van der Waals surface area contributed by atoms with E-state index < -0.39 is 15.3 Å². The van der Waals surface area contributed by atoms with Gasteiger partial charge in [-0.25, -0.2) is 8.42 Å². The molecule has 0 amide bonds. The van der Waals surface area contributed by atoms with Crippen molar-refractivity contribution in [2.24, 2.45) is 0 Å². The Bertz CT molecular complexity index is 302. The Morgan fingerprint density at radius 1 is 1.40 bits per heavy atom. The number of thioether (sulfide) groups is 1. The monoisotopic (exact) mass is 263 g/mol. The van der Waals surface area contributed by atoms with Crippen molar-refractivity contribution in [2.45, 2.75) is 18.0 Å². The smallest absolute Gasteiger partial charge is 0.312 e. The van der Waals surface area contributed by atoms with Crippen LogP contribution in [0.25, 0.3) is 0 Å². The van der Waals surface area contributed by atoms with E-state index in [4.69, 9.17) is 0 Å². The summed E-state index contributed by atoms with van der Waals surface area (Å²) in [6.45, 7) is 0.185.